The molecule has 0 spiro atoms. The molecule has 2 aliphatic rings. The average Bonchev–Trinajstić information content (AvgIpc) is 3.71. The van der Waals surface area contributed by atoms with Gasteiger partial charge in [0.05, 0.1) is 30.3 Å². The normalized spacial score (nSPS) is 17.8. The third-order valence-electron chi connectivity index (χ3n) is 6.80. The van der Waals surface area contributed by atoms with Crippen molar-refractivity contribution in [2.24, 2.45) is 0 Å². The van der Waals surface area contributed by atoms with Crippen molar-refractivity contribution in [1.29, 1.82) is 0 Å². The average molecular weight is 615 g/mol. The van der Waals surface area contributed by atoms with E-state index in [0.717, 1.165) is 58.9 Å². The SMILES string of the molecule is C=CC(=O)N1CCCC[C@@H](n2c(NC(=O)c3ccnc(OC)c3)nc3ccc(OC4CC4)c(CI)c32)C1. The highest BCUT2D eigenvalue weighted by atomic mass is 127. The van der Waals surface area contributed by atoms with Crippen LogP contribution in [0.3, 0.4) is 0 Å². The fourth-order valence-corrected chi connectivity index (χ4v) is 5.52. The number of hydrogen-bond donors (Lipinski definition) is 1. The molecule has 0 bridgehead atoms. The van der Waals surface area contributed by atoms with Crippen LogP contribution in [0.15, 0.2) is 43.1 Å². The zero-order valence-electron chi connectivity index (χ0n) is 20.8. The lowest BCUT2D eigenvalue weighted by atomic mass is 10.1. The minimum Gasteiger partial charge on any atom is -0.490 e. The summed E-state index contributed by atoms with van der Waals surface area (Å²) in [5, 5.41) is 3.03. The van der Waals surface area contributed by atoms with Gasteiger partial charge in [0.2, 0.25) is 17.7 Å². The summed E-state index contributed by atoms with van der Waals surface area (Å²) in [6, 6.07) is 7.09. The number of anilines is 1. The van der Waals surface area contributed by atoms with Crippen LogP contribution < -0.4 is 14.8 Å². The number of carbonyl (C=O) groups is 2. The lowest BCUT2D eigenvalue weighted by Crippen LogP contribution is -2.34. The van der Waals surface area contributed by atoms with Crippen LogP contribution in [-0.4, -0.2) is 57.6 Å². The first-order chi connectivity index (χ1) is 18.0. The number of pyridine rings is 1. The molecule has 1 aromatic carbocycles. The van der Waals surface area contributed by atoms with E-state index in [-0.39, 0.29) is 24.0 Å². The van der Waals surface area contributed by atoms with E-state index in [9.17, 15) is 9.59 Å². The van der Waals surface area contributed by atoms with Crippen LogP contribution in [0.1, 0.15) is 54.1 Å². The number of amides is 2. The smallest absolute Gasteiger partial charge is 0.258 e. The van der Waals surface area contributed by atoms with Crippen molar-refractivity contribution in [3.8, 4) is 11.6 Å². The molecule has 1 N–H and O–H groups in total. The second-order valence-corrected chi connectivity index (χ2v) is 10.1. The minimum atomic E-state index is -0.310. The van der Waals surface area contributed by atoms with Gasteiger partial charge in [-0.2, -0.15) is 0 Å². The van der Waals surface area contributed by atoms with E-state index in [2.05, 4.69) is 44.0 Å². The Labute approximate surface area is 229 Å². The Morgan fingerprint density at radius 2 is 2.08 bits per heavy atom. The summed E-state index contributed by atoms with van der Waals surface area (Å²) in [7, 11) is 1.51. The van der Waals surface area contributed by atoms with Gasteiger partial charge in [-0.3, -0.25) is 14.9 Å². The number of methoxy groups -OCH3 is 1. The molecule has 37 heavy (non-hydrogen) atoms. The number of hydrogen-bond acceptors (Lipinski definition) is 6. The number of aromatic nitrogens is 3. The molecule has 1 aliphatic heterocycles. The topological polar surface area (TPSA) is 98.6 Å². The van der Waals surface area contributed by atoms with Crippen molar-refractivity contribution < 1.29 is 19.1 Å². The van der Waals surface area contributed by atoms with E-state index in [0.29, 0.717) is 30.5 Å². The number of nitrogens with zero attached hydrogens (tertiary/aromatic N) is 4. The third-order valence-corrected chi connectivity index (χ3v) is 7.56. The van der Waals surface area contributed by atoms with Gasteiger partial charge in [0, 0.05) is 40.9 Å². The Balaban J connectivity index is 1.61. The molecule has 10 heteroatoms. The van der Waals surface area contributed by atoms with Gasteiger partial charge in [0.1, 0.15) is 5.75 Å². The summed E-state index contributed by atoms with van der Waals surface area (Å²) in [5.41, 5.74) is 3.19. The molecule has 0 unspecified atom stereocenters. The molecule has 1 saturated carbocycles. The van der Waals surface area contributed by atoms with Crippen LogP contribution in [-0.2, 0) is 9.22 Å². The van der Waals surface area contributed by atoms with E-state index in [1.165, 1.54) is 19.4 Å². The molecule has 2 aromatic heterocycles. The molecule has 194 valence electrons. The zero-order valence-corrected chi connectivity index (χ0v) is 22.9. The molecule has 3 heterocycles. The highest BCUT2D eigenvalue weighted by Crippen LogP contribution is 2.39. The van der Waals surface area contributed by atoms with Crippen LogP contribution in [0.25, 0.3) is 11.0 Å². The summed E-state index contributed by atoms with van der Waals surface area (Å²) < 4.78 is 14.3. The van der Waals surface area contributed by atoms with Crippen molar-refractivity contribution in [2.75, 3.05) is 25.5 Å². The monoisotopic (exact) mass is 615 g/mol. The molecular formula is C27H30IN5O4. The van der Waals surface area contributed by atoms with Gasteiger partial charge >= 0.3 is 0 Å². The quantitative estimate of drug-likeness (QED) is 0.220. The van der Waals surface area contributed by atoms with Gasteiger partial charge in [0.25, 0.3) is 5.91 Å². The maximum Gasteiger partial charge on any atom is 0.258 e. The lowest BCUT2D eigenvalue weighted by molar-refractivity contribution is -0.126. The standard InChI is InChI=1S/C27H30IN5O4/c1-3-24(34)32-13-5-4-6-18(16-32)33-25-20(15-28)22(37-19-7-8-19)10-9-21(25)30-27(33)31-26(35)17-11-12-29-23(14-17)36-2/h3,9-12,14,18-19H,1,4-8,13,15-16H2,2H3,(H,30,31,35)/t18-/m1/s1. The number of likely N-dealkylation sites (tertiary alicyclic amines) is 1. The summed E-state index contributed by atoms with van der Waals surface area (Å²) in [5.74, 6) is 1.27. The number of imidazole rings is 1. The van der Waals surface area contributed by atoms with Crippen molar-refractivity contribution in [3.05, 3.63) is 54.2 Å². The molecule has 1 aliphatic carbocycles. The highest BCUT2D eigenvalue weighted by Gasteiger charge is 2.30. The molecule has 9 nitrogen and oxygen atoms in total. The van der Waals surface area contributed by atoms with Crippen LogP contribution in [0.4, 0.5) is 5.95 Å². The largest absolute Gasteiger partial charge is 0.490 e. The first-order valence-electron chi connectivity index (χ1n) is 12.5. The number of rotatable bonds is 8. The second kappa shape index (κ2) is 11.1. The molecule has 0 radical (unpaired) electrons. The number of fused-ring (bicyclic) bond motifs is 1. The Morgan fingerprint density at radius 3 is 2.81 bits per heavy atom. The predicted molar refractivity (Wildman–Crippen MR) is 150 cm³/mol. The highest BCUT2D eigenvalue weighted by molar-refractivity contribution is 14.1. The molecule has 2 amide bonds. The number of halogens is 1. The van der Waals surface area contributed by atoms with E-state index >= 15 is 0 Å². The van der Waals surface area contributed by atoms with E-state index in [4.69, 9.17) is 14.5 Å². The molecule has 2 fully saturated rings. The van der Waals surface area contributed by atoms with Gasteiger partial charge < -0.3 is 18.9 Å². The van der Waals surface area contributed by atoms with Crippen molar-refractivity contribution in [1.82, 2.24) is 19.4 Å². The van der Waals surface area contributed by atoms with Gasteiger partial charge in [-0.25, -0.2) is 9.97 Å². The Hall–Kier alpha value is -3.15. The summed E-state index contributed by atoms with van der Waals surface area (Å²) in [4.78, 5) is 36.7. The second-order valence-electron chi connectivity index (χ2n) is 9.35. The van der Waals surface area contributed by atoms with Crippen LogP contribution in [0.2, 0.25) is 0 Å². The van der Waals surface area contributed by atoms with Crippen molar-refractivity contribution in [3.63, 3.8) is 0 Å². The van der Waals surface area contributed by atoms with Crippen LogP contribution in [0.5, 0.6) is 11.6 Å². The van der Waals surface area contributed by atoms with Crippen LogP contribution >= 0.6 is 22.6 Å². The fourth-order valence-electron chi connectivity index (χ4n) is 4.78. The van der Waals surface area contributed by atoms with E-state index in [1.54, 1.807) is 12.1 Å². The number of ether oxygens (including phenoxy) is 2. The van der Waals surface area contributed by atoms with E-state index in [1.807, 2.05) is 17.0 Å². The Bertz CT molecular complexity index is 1340. The van der Waals surface area contributed by atoms with Gasteiger partial charge in [-0.1, -0.05) is 29.2 Å². The number of nitrogens with one attached hydrogen (secondary N) is 1. The summed E-state index contributed by atoms with van der Waals surface area (Å²) in [6.07, 6.45) is 8.02. The summed E-state index contributed by atoms with van der Waals surface area (Å²) in [6.45, 7) is 4.87. The van der Waals surface area contributed by atoms with Crippen molar-refractivity contribution >= 4 is 51.4 Å². The van der Waals surface area contributed by atoms with E-state index < -0.39 is 0 Å². The maximum atomic E-state index is 13.3. The third kappa shape index (κ3) is 5.43. The van der Waals surface area contributed by atoms with Crippen LogP contribution in [0, 0.1) is 0 Å². The first-order valence-corrected chi connectivity index (χ1v) is 14.0. The summed E-state index contributed by atoms with van der Waals surface area (Å²) >= 11 is 2.35. The zero-order chi connectivity index (χ0) is 25.9. The minimum absolute atomic E-state index is 0.0726. The Morgan fingerprint density at radius 1 is 1.24 bits per heavy atom. The first kappa shape index (κ1) is 25.5. The van der Waals surface area contributed by atoms with Gasteiger partial charge in [-0.15, -0.1) is 0 Å². The molecule has 1 saturated heterocycles. The predicted octanol–water partition coefficient (Wildman–Crippen LogP) is 4.91. The maximum absolute atomic E-state index is 13.3. The number of benzene rings is 1. The number of alkyl halides is 1. The number of carbonyl (C=O) groups excluding carboxylic acids is 2. The molecule has 1 atom stereocenters. The Kier molecular flexibility index (Phi) is 7.63. The molecule has 5 rings (SSSR count). The fraction of sp³-hybridized carbons (Fsp3) is 0.407. The molecular weight excluding hydrogens is 585 g/mol. The molecule has 3 aromatic rings. The van der Waals surface area contributed by atoms with Gasteiger partial charge in [0.15, 0.2) is 0 Å². The lowest BCUT2D eigenvalue weighted by Gasteiger charge is -2.26. The van der Waals surface area contributed by atoms with Gasteiger partial charge in [-0.05, 0) is 56.4 Å². The van der Waals surface area contributed by atoms with Crippen molar-refractivity contribution in [2.45, 2.75) is 48.7 Å².